The fourth-order valence-corrected chi connectivity index (χ4v) is 1.36. The summed E-state index contributed by atoms with van der Waals surface area (Å²) in [6.45, 7) is 5.39. The minimum atomic E-state index is -0.795. The molecule has 0 radical (unpaired) electrons. The highest BCUT2D eigenvalue weighted by Crippen LogP contribution is 2.33. The molecule has 0 saturated heterocycles. The first-order chi connectivity index (χ1) is 6.78. The quantitative estimate of drug-likeness (QED) is 0.559. The Bertz CT molecular complexity index is 301. The number of ether oxygens (including phenoxy) is 1. The molecule has 1 rings (SSSR count). The molecule has 1 aliphatic rings. The van der Waals surface area contributed by atoms with Gasteiger partial charge in [0, 0.05) is 6.08 Å². The molecular formula is C11H16O4. The van der Waals surface area contributed by atoms with Gasteiger partial charge in [-0.15, -0.1) is 0 Å². The smallest absolute Gasteiger partial charge is 0.331 e. The molecule has 1 saturated carbocycles. The molecule has 0 heterocycles. The van der Waals surface area contributed by atoms with Crippen LogP contribution in [0.3, 0.4) is 0 Å². The van der Waals surface area contributed by atoms with Crippen LogP contribution in [0, 0.1) is 5.92 Å². The zero-order valence-electron chi connectivity index (χ0n) is 9.24. The molecule has 4 nitrogen and oxygen atoms in total. The van der Waals surface area contributed by atoms with E-state index >= 15 is 0 Å². The molecule has 0 aromatic carbocycles. The first-order valence-corrected chi connectivity index (χ1v) is 4.93. The number of aliphatic carboxylic acids is 1. The lowest BCUT2D eigenvalue weighted by Gasteiger charge is -2.25. The van der Waals surface area contributed by atoms with Crippen molar-refractivity contribution in [1.29, 1.82) is 0 Å². The summed E-state index contributed by atoms with van der Waals surface area (Å²) in [6, 6.07) is 0. The fraction of sp³-hybridized carbons (Fsp3) is 0.636. The first-order valence-electron chi connectivity index (χ1n) is 4.93. The summed E-state index contributed by atoms with van der Waals surface area (Å²) in [5.41, 5.74) is 0.362. The van der Waals surface area contributed by atoms with Gasteiger partial charge in [-0.05, 0) is 33.6 Å². The van der Waals surface area contributed by atoms with Gasteiger partial charge in [0.05, 0.1) is 5.92 Å². The third kappa shape index (κ3) is 3.73. The molecule has 1 N–H and O–H groups in total. The van der Waals surface area contributed by atoms with Gasteiger partial charge in [0.1, 0.15) is 5.60 Å². The van der Waals surface area contributed by atoms with E-state index in [0.29, 0.717) is 12.8 Å². The van der Waals surface area contributed by atoms with Gasteiger partial charge in [-0.25, -0.2) is 4.79 Å². The largest absolute Gasteiger partial charge is 0.481 e. The Hall–Kier alpha value is -1.32. The molecule has 84 valence electrons. The third-order valence-corrected chi connectivity index (χ3v) is 2.10. The number of hydrogen-bond donors (Lipinski definition) is 1. The molecule has 1 fully saturated rings. The first kappa shape index (κ1) is 11.8. The number of carbonyl (C=O) groups excluding carboxylic acids is 1. The highest BCUT2D eigenvalue weighted by Gasteiger charge is 2.30. The van der Waals surface area contributed by atoms with E-state index in [-0.39, 0.29) is 11.9 Å². The summed E-state index contributed by atoms with van der Waals surface area (Å²) in [5.74, 6) is -1.50. The predicted molar refractivity (Wildman–Crippen MR) is 54.3 cm³/mol. The maximum atomic E-state index is 11.3. The van der Waals surface area contributed by atoms with Crippen LogP contribution in [0.5, 0.6) is 0 Å². The van der Waals surface area contributed by atoms with Crippen LogP contribution in [0.1, 0.15) is 33.6 Å². The van der Waals surface area contributed by atoms with Crippen LogP contribution in [-0.4, -0.2) is 22.6 Å². The van der Waals surface area contributed by atoms with Crippen molar-refractivity contribution in [3.8, 4) is 0 Å². The average molecular weight is 212 g/mol. The monoisotopic (exact) mass is 212 g/mol. The molecule has 0 bridgehead atoms. The Balaban J connectivity index is 2.40. The molecule has 0 aliphatic heterocycles. The van der Waals surface area contributed by atoms with E-state index in [0.717, 1.165) is 5.57 Å². The second-order valence-corrected chi connectivity index (χ2v) is 4.78. The standard InChI is InChI=1S/C11H16O4/c1-11(2,3)15-9(12)6-7-4-8(5-7)10(13)14/h6,8H,4-5H2,1-3H3,(H,13,14). The highest BCUT2D eigenvalue weighted by atomic mass is 16.6. The van der Waals surface area contributed by atoms with Gasteiger partial charge in [-0.3, -0.25) is 4.79 Å². The summed E-state index contributed by atoms with van der Waals surface area (Å²) in [5, 5.41) is 8.63. The number of carboxylic acids is 1. The maximum absolute atomic E-state index is 11.3. The van der Waals surface area contributed by atoms with Gasteiger partial charge < -0.3 is 9.84 Å². The van der Waals surface area contributed by atoms with Gasteiger partial charge in [0.25, 0.3) is 0 Å². The number of carboxylic acid groups (broad SMARTS) is 1. The molecule has 1 aliphatic carbocycles. The van der Waals surface area contributed by atoms with Crippen molar-refractivity contribution in [3.63, 3.8) is 0 Å². The molecule has 0 amide bonds. The average Bonchev–Trinajstić information content (AvgIpc) is 1.91. The van der Waals surface area contributed by atoms with Crippen molar-refractivity contribution >= 4 is 11.9 Å². The van der Waals surface area contributed by atoms with E-state index < -0.39 is 11.6 Å². The van der Waals surface area contributed by atoms with Crippen molar-refractivity contribution in [2.45, 2.75) is 39.2 Å². The third-order valence-electron chi connectivity index (χ3n) is 2.10. The number of esters is 1. The van der Waals surface area contributed by atoms with Gasteiger partial charge in [-0.2, -0.15) is 0 Å². The molecule has 0 unspecified atom stereocenters. The lowest BCUT2D eigenvalue weighted by molar-refractivity contribution is -0.149. The lowest BCUT2D eigenvalue weighted by atomic mass is 9.80. The molecule has 15 heavy (non-hydrogen) atoms. The van der Waals surface area contributed by atoms with Crippen molar-refractivity contribution in [2.24, 2.45) is 5.92 Å². The van der Waals surface area contributed by atoms with Crippen LogP contribution in [0.25, 0.3) is 0 Å². The molecule has 0 aromatic heterocycles. The number of carbonyl (C=O) groups is 2. The normalized spacial score (nSPS) is 20.5. The summed E-state index contributed by atoms with van der Waals surface area (Å²) in [4.78, 5) is 21.8. The Morgan fingerprint density at radius 1 is 1.40 bits per heavy atom. The van der Waals surface area contributed by atoms with Crippen LogP contribution in [0.4, 0.5) is 0 Å². The van der Waals surface area contributed by atoms with Gasteiger partial charge in [0.15, 0.2) is 0 Å². The van der Waals surface area contributed by atoms with Crippen LogP contribution in [0.15, 0.2) is 11.6 Å². The Labute approximate surface area is 88.9 Å². The molecule has 4 heteroatoms. The SMILES string of the molecule is CC(C)(C)OC(=O)C=C1CC(C(=O)O)C1. The molecule has 0 aromatic rings. The maximum Gasteiger partial charge on any atom is 0.331 e. The van der Waals surface area contributed by atoms with E-state index in [1.165, 1.54) is 6.08 Å². The van der Waals surface area contributed by atoms with E-state index in [1.807, 2.05) is 0 Å². The van der Waals surface area contributed by atoms with Crippen molar-refractivity contribution in [2.75, 3.05) is 0 Å². The van der Waals surface area contributed by atoms with Crippen molar-refractivity contribution in [1.82, 2.24) is 0 Å². The van der Waals surface area contributed by atoms with Crippen LogP contribution in [-0.2, 0) is 14.3 Å². The van der Waals surface area contributed by atoms with Crippen LogP contribution in [0.2, 0.25) is 0 Å². The molecule has 0 spiro atoms. The number of rotatable bonds is 2. The Morgan fingerprint density at radius 2 is 1.93 bits per heavy atom. The number of allylic oxidation sites excluding steroid dienone is 1. The second kappa shape index (κ2) is 4.04. The second-order valence-electron chi connectivity index (χ2n) is 4.78. The van der Waals surface area contributed by atoms with Crippen molar-refractivity contribution in [3.05, 3.63) is 11.6 Å². The van der Waals surface area contributed by atoms with Crippen LogP contribution < -0.4 is 0 Å². The molecular weight excluding hydrogens is 196 g/mol. The van der Waals surface area contributed by atoms with E-state index in [1.54, 1.807) is 20.8 Å². The summed E-state index contributed by atoms with van der Waals surface area (Å²) >= 11 is 0. The molecule has 0 atom stereocenters. The minimum absolute atomic E-state index is 0.321. The lowest BCUT2D eigenvalue weighted by Crippen LogP contribution is -2.26. The zero-order valence-corrected chi connectivity index (χ0v) is 9.24. The summed E-state index contributed by atoms with van der Waals surface area (Å²) < 4.78 is 5.08. The van der Waals surface area contributed by atoms with E-state index in [2.05, 4.69) is 0 Å². The predicted octanol–water partition coefficient (Wildman–Crippen LogP) is 1.75. The van der Waals surface area contributed by atoms with E-state index in [9.17, 15) is 9.59 Å². The van der Waals surface area contributed by atoms with Crippen LogP contribution >= 0.6 is 0 Å². The number of hydrogen-bond acceptors (Lipinski definition) is 3. The van der Waals surface area contributed by atoms with Crippen molar-refractivity contribution < 1.29 is 19.4 Å². The minimum Gasteiger partial charge on any atom is -0.481 e. The highest BCUT2D eigenvalue weighted by molar-refractivity contribution is 5.84. The Morgan fingerprint density at radius 3 is 2.33 bits per heavy atom. The Kier molecular flexibility index (Phi) is 3.17. The van der Waals surface area contributed by atoms with Gasteiger partial charge >= 0.3 is 11.9 Å². The van der Waals surface area contributed by atoms with Gasteiger partial charge in [-0.1, -0.05) is 5.57 Å². The summed E-state index contributed by atoms with van der Waals surface area (Å²) in [6.07, 6.45) is 2.34. The zero-order chi connectivity index (χ0) is 11.6. The fourth-order valence-electron chi connectivity index (χ4n) is 1.36. The summed E-state index contributed by atoms with van der Waals surface area (Å²) in [7, 11) is 0. The topological polar surface area (TPSA) is 63.6 Å². The van der Waals surface area contributed by atoms with E-state index in [4.69, 9.17) is 9.84 Å². The van der Waals surface area contributed by atoms with Gasteiger partial charge in [0.2, 0.25) is 0 Å².